The van der Waals surface area contributed by atoms with Gasteiger partial charge in [-0.25, -0.2) is 0 Å². The van der Waals surface area contributed by atoms with Gasteiger partial charge in [0.1, 0.15) is 0 Å². The van der Waals surface area contributed by atoms with Gasteiger partial charge in [-0.05, 0) is 33.1 Å². The maximum atomic E-state index is 12.0. The molecule has 0 aliphatic carbocycles. The van der Waals surface area contributed by atoms with Crippen molar-refractivity contribution >= 4 is 5.91 Å². The molecule has 2 unspecified atom stereocenters. The lowest BCUT2D eigenvalue weighted by Gasteiger charge is -2.37. The van der Waals surface area contributed by atoms with E-state index in [4.69, 9.17) is 5.73 Å². The van der Waals surface area contributed by atoms with E-state index in [9.17, 15) is 4.79 Å². The van der Waals surface area contributed by atoms with Crippen LogP contribution in [-0.4, -0.2) is 54.0 Å². The minimum absolute atomic E-state index is 0.208. The summed E-state index contributed by atoms with van der Waals surface area (Å²) in [6.07, 6.45) is 3.70. The molecule has 4 nitrogen and oxygen atoms in total. The fourth-order valence-electron chi connectivity index (χ4n) is 2.40. The zero-order valence-electron chi connectivity index (χ0n) is 12.2. The van der Waals surface area contributed by atoms with E-state index >= 15 is 0 Å². The van der Waals surface area contributed by atoms with Crippen molar-refractivity contribution in [2.45, 2.75) is 58.5 Å². The monoisotopic (exact) mass is 255 g/mol. The number of carbonyl (C=O) groups is 1. The second-order valence-electron chi connectivity index (χ2n) is 5.54. The second kappa shape index (κ2) is 7.74. The summed E-state index contributed by atoms with van der Waals surface area (Å²) in [6, 6.07) is 0.848. The van der Waals surface area contributed by atoms with Crippen molar-refractivity contribution in [3.8, 4) is 0 Å². The Bertz CT molecular complexity index is 247. The Kier molecular flexibility index (Phi) is 6.65. The van der Waals surface area contributed by atoms with Gasteiger partial charge in [0.15, 0.2) is 0 Å². The summed E-state index contributed by atoms with van der Waals surface area (Å²) in [5.74, 6) is 0.305. The van der Waals surface area contributed by atoms with Crippen LogP contribution in [0.1, 0.15) is 46.5 Å². The van der Waals surface area contributed by atoms with E-state index in [0.29, 0.717) is 18.4 Å². The predicted molar refractivity (Wildman–Crippen MR) is 75.4 cm³/mol. The van der Waals surface area contributed by atoms with E-state index in [0.717, 1.165) is 39.0 Å². The lowest BCUT2D eigenvalue weighted by atomic mass is 10.1. The van der Waals surface area contributed by atoms with Crippen LogP contribution in [0.3, 0.4) is 0 Å². The largest absolute Gasteiger partial charge is 0.340 e. The molecular formula is C14H29N3O. The summed E-state index contributed by atoms with van der Waals surface area (Å²) in [6.45, 7) is 10.3. The van der Waals surface area contributed by atoms with Gasteiger partial charge in [-0.15, -0.1) is 0 Å². The average Bonchev–Trinajstić information content (AvgIpc) is 2.37. The van der Waals surface area contributed by atoms with Crippen molar-refractivity contribution in [3.05, 3.63) is 0 Å². The molecule has 0 bridgehead atoms. The van der Waals surface area contributed by atoms with Gasteiger partial charge in [-0.3, -0.25) is 9.69 Å². The summed E-state index contributed by atoms with van der Waals surface area (Å²) < 4.78 is 0. The van der Waals surface area contributed by atoms with Crippen molar-refractivity contribution < 1.29 is 4.79 Å². The number of hydrogen-bond donors (Lipinski definition) is 1. The number of amides is 1. The molecule has 1 saturated heterocycles. The molecule has 1 amide bonds. The summed E-state index contributed by atoms with van der Waals surface area (Å²) in [5, 5.41) is 0. The third-order valence-corrected chi connectivity index (χ3v) is 3.93. The third-order valence-electron chi connectivity index (χ3n) is 3.93. The minimum atomic E-state index is 0.208. The molecule has 0 spiro atoms. The van der Waals surface area contributed by atoms with E-state index in [1.165, 1.54) is 6.42 Å². The Hall–Kier alpha value is -0.610. The van der Waals surface area contributed by atoms with Gasteiger partial charge in [0.25, 0.3) is 0 Å². The first-order valence-electron chi connectivity index (χ1n) is 7.32. The maximum Gasteiger partial charge on any atom is 0.222 e. The molecule has 1 rings (SSSR count). The van der Waals surface area contributed by atoms with Crippen LogP contribution in [0.4, 0.5) is 0 Å². The Morgan fingerprint density at radius 3 is 2.33 bits per heavy atom. The van der Waals surface area contributed by atoms with Crippen LogP contribution in [-0.2, 0) is 4.79 Å². The van der Waals surface area contributed by atoms with Crippen LogP contribution in [0.25, 0.3) is 0 Å². The predicted octanol–water partition coefficient (Wildman–Crippen LogP) is 1.45. The lowest BCUT2D eigenvalue weighted by Crippen LogP contribution is -2.51. The van der Waals surface area contributed by atoms with Crippen LogP contribution < -0.4 is 5.73 Å². The third kappa shape index (κ3) is 4.94. The zero-order chi connectivity index (χ0) is 13.5. The number of hydrogen-bond acceptors (Lipinski definition) is 3. The fraction of sp³-hybridized carbons (Fsp3) is 0.929. The molecule has 1 fully saturated rings. The topological polar surface area (TPSA) is 49.6 Å². The molecule has 2 N–H and O–H groups in total. The van der Waals surface area contributed by atoms with E-state index in [2.05, 4.69) is 18.7 Å². The highest BCUT2D eigenvalue weighted by molar-refractivity contribution is 5.76. The van der Waals surface area contributed by atoms with Crippen LogP contribution in [0.2, 0.25) is 0 Å². The van der Waals surface area contributed by atoms with Gasteiger partial charge in [-0.2, -0.15) is 0 Å². The summed E-state index contributed by atoms with van der Waals surface area (Å²) in [4.78, 5) is 16.5. The first kappa shape index (κ1) is 15.4. The Balaban J connectivity index is 2.23. The average molecular weight is 255 g/mol. The van der Waals surface area contributed by atoms with Crippen LogP contribution >= 0.6 is 0 Å². The smallest absolute Gasteiger partial charge is 0.222 e. The highest BCUT2D eigenvalue weighted by atomic mass is 16.2. The van der Waals surface area contributed by atoms with E-state index in [-0.39, 0.29) is 6.04 Å². The normalized spacial score (nSPS) is 20.8. The molecule has 0 aromatic heterocycles. The van der Waals surface area contributed by atoms with Gasteiger partial charge in [0.2, 0.25) is 5.91 Å². The fourth-order valence-corrected chi connectivity index (χ4v) is 2.40. The van der Waals surface area contributed by atoms with Crippen molar-refractivity contribution in [3.63, 3.8) is 0 Å². The molecule has 18 heavy (non-hydrogen) atoms. The SMILES string of the molecule is CCC(C)N1CCN(C(=O)CCCC(C)N)CC1. The second-order valence-corrected chi connectivity index (χ2v) is 5.54. The minimum Gasteiger partial charge on any atom is -0.340 e. The molecule has 4 heteroatoms. The molecule has 1 aliphatic heterocycles. The summed E-state index contributed by atoms with van der Waals surface area (Å²) in [5.41, 5.74) is 5.69. The van der Waals surface area contributed by atoms with Crippen molar-refractivity contribution in [2.75, 3.05) is 26.2 Å². The first-order valence-corrected chi connectivity index (χ1v) is 7.32. The number of nitrogens with zero attached hydrogens (tertiary/aromatic N) is 2. The van der Waals surface area contributed by atoms with E-state index in [1.807, 2.05) is 11.8 Å². The van der Waals surface area contributed by atoms with E-state index < -0.39 is 0 Å². The Labute approximate surface area is 111 Å². The zero-order valence-corrected chi connectivity index (χ0v) is 12.2. The lowest BCUT2D eigenvalue weighted by molar-refractivity contribution is -0.133. The molecule has 1 aliphatic rings. The van der Waals surface area contributed by atoms with Gasteiger partial charge >= 0.3 is 0 Å². The molecule has 0 saturated carbocycles. The molecule has 0 radical (unpaired) electrons. The van der Waals surface area contributed by atoms with E-state index in [1.54, 1.807) is 0 Å². The number of carbonyl (C=O) groups excluding carboxylic acids is 1. The van der Waals surface area contributed by atoms with Gasteiger partial charge in [-0.1, -0.05) is 6.92 Å². The molecule has 0 aromatic carbocycles. The Morgan fingerprint density at radius 1 is 1.22 bits per heavy atom. The quantitative estimate of drug-likeness (QED) is 0.781. The van der Waals surface area contributed by atoms with Gasteiger partial charge in [0.05, 0.1) is 0 Å². The standard InChI is InChI=1S/C14H29N3O/c1-4-13(3)16-8-10-17(11-9-16)14(18)7-5-6-12(2)15/h12-13H,4-11,15H2,1-3H3. The van der Waals surface area contributed by atoms with Gasteiger partial charge in [0, 0.05) is 44.7 Å². The highest BCUT2D eigenvalue weighted by Crippen LogP contribution is 2.10. The number of piperazine rings is 1. The Morgan fingerprint density at radius 2 is 1.83 bits per heavy atom. The van der Waals surface area contributed by atoms with Crippen LogP contribution in [0, 0.1) is 0 Å². The molecule has 106 valence electrons. The molecule has 1 heterocycles. The van der Waals surface area contributed by atoms with Crippen molar-refractivity contribution in [2.24, 2.45) is 5.73 Å². The highest BCUT2D eigenvalue weighted by Gasteiger charge is 2.22. The van der Waals surface area contributed by atoms with Crippen molar-refractivity contribution in [1.82, 2.24) is 9.80 Å². The molecule has 2 atom stereocenters. The molecular weight excluding hydrogens is 226 g/mol. The first-order chi connectivity index (χ1) is 8.54. The summed E-state index contributed by atoms with van der Waals surface area (Å²) in [7, 11) is 0. The number of rotatable bonds is 6. The van der Waals surface area contributed by atoms with Crippen LogP contribution in [0.5, 0.6) is 0 Å². The van der Waals surface area contributed by atoms with Gasteiger partial charge < -0.3 is 10.6 Å². The molecule has 0 aromatic rings. The van der Waals surface area contributed by atoms with Crippen LogP contribution in [0.15, 0.2) is 0 Å². The van der Waals surface area contributed by atoms with Crippen molar-refractivity contribution in [1.29, 1.82) is 0 Å². The number of nitrogens with two attached hydrogens (primary N) is 1. The summed E-state index contributed by atoms with van der Waals surface area (Å²) >= 11 is 0. The maximum absolute atomic E-state index is 12.0.